The number of nitrogens with zero attached hydrogens (tertiary/aromatic N) is 2. The third-order valence-corrected chi connectivity index (χ3v) is 5.84. The van der Waals surface area contributed by atoms with Crippen LogP contribution in [0.3, 0.4) is 0 Å². The van der Waals surface area contributed by atoms with Crippen LogP contribution >= 0.6 is 11.3 Å². The highest BCUT2D eigenvalue weighted by Crippen LogP contribution is 2.39. The molecule has 0 atom stereocenters. The van der Waals surface area contributed by atoms with Crippen LogP contribution in [-0.2, 0) is 9.53 Å². The van der Waals surface area contributed by atoms with Gasteiger partial charge < -0.3 is 15.0 Å². The van der Waals surface area contributed by atoms with Crippen molar-refractivity contribution in [3.63, 3.8) is 0 Å². The van der Waals surface area contributed by atoms with Gasteiger partial charge in [0, 0.05) is 41.3 Å². The molecule has 0 unspecified atom stereocenters. The van der Waals surface area contributed by atoms with Crippen LogP contribution in [0.15, 0.2) is 24.7 Å². The highest BCUT2D eigenvalue weighted by molar-refractivity contribution is 7.15. The minimum atomic E-state index is -0.420. The molecule has 0 saturated heterocycles. The van der Waals surface area contributed by atoms with E-state index in [9.17, 15) is 4.79 Å². The SMILES string of the molecule is Cc1cnc(-c2cnc3[nH]ccc3c2NC2CC(CC(=O)OC(C)(C)C)C2)s1. The molecule has 0 aromatic carbocycles. The Hall–Kier alpha value is -2.41. The number of pyridine rings is 1. The quantitative estimate of drug-likeness (QED) is 0.597. The van der Waals surface area contributed by atoms with Gasteiger partial charge in [-0.05, 0) is 52.5 Å². The van der Waals surface area contributed by atoms with Gasteiger partial charge in [0.1, 0.15) is 16.3 Å². The fourth-order valence-corrected chi connectivity index (χ4v) is 4.43. The molecule has 1 saturated carbocycles. The van der Waals surface area contributed by atoms with Gasteiger partial charge in [-0.2, -0.15) is 0 Å². The molecule has 3 aromatic rings. The first-order valence-electron chi connectivity index (χ1n) is 9.66. The largest absolute Gasteiger partial charge is 0.460 e. The maximum Gasteiger partial charge on any atom is 0.306 e. The molecule has 0 spiro atoms. The lowest BCUT2D eigenvalue weighted by atomic mass is 9.78. The maximum absolute atomic E-state index is 12.0. The Morgan fingerprint density at radius 1 is 1.32 bits per heavy atom. The summed E-state index contributed by atoms with van der Waals surface area (Å²) in [5.41, 5.74) is 2.54. The zero-order chi connectivity index (χ0) is 19.9. The van der Waals surface area contributed by atoms with E-state index in [4.69, 9.17) is 4.74 Å². The highest BCUT2D eigenvalue weighted by Gasteiger charge is 2.33. The van der Waals surface area contributed by atoms with E-state index in [1.54, 1.807) is 11.3 Å². The molecule has 2 N–H and O–H groups in total. The molecule has 1 fully saturated rings. The van der Waals surface area contributed by atoms with Gasteiger partial charge in [0.05, 0.1) is 11.3 Å². The molecule has 0 aliphatic heterocycles. The van der Waals surface area contributed by atoms with Crippen molar-refractivity contribution in [1.82, 2.24) is 15.0 Å². The van der Waals surface area contributed by atoms with Crippen molar-refractivity contribution in [2.45, 2.75) is 58.6 Å². The minimum absolute atomic E-state index is 0.105. The average molecular weight is 399 g/mol. The van der Waals surface area contributed by atoms with Crippen molar-refractivity contribution in [3.05, 3.63) is 29.5 Å². The number of aromatic nitrogens is 3. The Morgan fingerprint density at radius 2 is 2.11 bits per heavy atom. The smallest absolute Gasteiger partial charge is 0.306 e. The van der Waals surface area contributed by atoms with Crippen LogP contribution in [0.4, 0.5) is 5.69 Å². The van der Waals surface area contributed by atoms with Gasteiger partial charge in [-0.15, -0.1) is 11.3 Å². The van der Waals surface area contributed by atoms with Gasteiger partial charge in [-0.1, -0.05) is 0 Å². The summed E-state index contributed by atoms with van der Waals surface area (Å²) < 4.78 is 5.45. The first-order chi connectivity index (χ1) is 13.3. The Morgan fingerprint density at radius 3 is 2.79 bits per heavy atom. The average Bonchev–Trinajstić information content (AvgIpc) is 3.19. The summed E-state index contributed by atoms with van der Waals surface area (Å²) in [6.45, 7) is 7.78. The highest BCUT2D eigenvalue weighted by atomic mass is 32.1. The second kappa shape index (κ2) is 7.20. The number of carbonyl (C=O) groups excluding carboxylic acids is 1. The summed E-state index contributed by atoms with van der Waals surface area (Å²) in [6, 6.07) is 2.39. The topological polar surface area (TPSA) is 79.9 Å². The monoisotopic (exact) mass is 398 g/mol. The Bertz CT molecular complexity index is 995. The summed E-state index contributed by atoms with van der Waals surface area (Å²) in [4.78, 5) is 25.5. The minimum Gasteiger partial charge on any atom is -0.460 e. The van der Waals surface area contributed by atoms with Crippen LogP contribution in [0.1, 0.15) is 44.9 Å². The second-order valence-electron chi connectivity index (χ2n) is 8.53. The van der Waals surface area contributed by atoms with Crippen molar-refractivity contribution < 1.29 is 9.53 Å². The van der Waals surface area contributed by atoms with Gasteiger partial charge >= 0.3 is 5.97 Å². The molecule has 6 nitrogen and oxygen atoms in total. The summed E-state index contributed by atoms with van der Waals surface area (Å²) >= 11 is 1.67. The zero-order valence-corrected chi connectivity index (χ0v) is 17.5. The van der Waals surface area contributed by atoms with E-state index < -0.39 is 5.60 Å². The third kappa shape index (κ3) is 4.04. The molecule has 28 heavy (non-hydrogen) atoms. The second-order valence-corrected chi connectivity index (χ2v) is 9.77. The van der Waals surface area contributed by atoms with Gasteiger partial charge in [0.25, 0.3) is 0 Å². The molecule has 0 amide bonds. The van der Waals surface area contributed by atoms with Gasteiger partial charge in [0.2, 0.25) is 0 Å². The molecular weight excluding hydrogens is 372 g/mol. The summed E-state index contributed by atoms with van der Waals surface area (Å²) in [5.74, 6) is 0.272. The van der Waals surface area contributed by atoms with Crippen LogP contribution in [0.2, 0.25) is 0 Å². The van der Waals surface area contributed by atoms with E-state index in [1.165, 1.54) is 4.88 Å². The number of thiazole rings is 1. The van der Waals surface area contributed by atoms with Gasteiger partial charge in [-0.25, -0.2) is 9.97 Å². The Balaban J connectivity index is 1.47. The molecule has 148 valence electrons. The fraction of sp³-hybridized carbons (Fsp3) is 0.476. The van der Waals surface area contributed by atoms with E-state index in [2.05, 4.69) is 27.2 Å². The van der Waals surface area contributed by atoms with E-state index in [0.717, 1.165) is 40.1 Å². The number of rotatable bonds is 5. The molecular formula is C21H26N4O2S. The van der Waals surface area contributed by atoms with E-state index in [1.807, 2.05) is 45.4 Å². The van der Waals surface area contributed by atoms with E-state index >= 15 is 0 Å². The molecule has 0 radical (unpaired) electrons. The number of hydrogen-bond acceptors (Lipinski definition) is 6. The standard InChI is InChI=1S/C21H26N4O2S/c1-12-10-24-20(28-12)16-11-23-19-15(5-6-22-19)18(16)25-14-7-13(8-14)9-17(26)27-21(2,3)4/h5-6,10-11,13-14H,7-9H2,1-4H3,(H2,22,23,25). The molecule has 1 aliphatic carbocycles. The summed E-state index contributed by atoms with van der Waals surface area (Å²) in [6.07, 6.45) is 8.10. The molecule has 1 aliphatic rings. The number of hydrogen-bond donors (Lipinski definition) is 2. The molecule has 4 rings (SSSR count). The zero-order valence-electron chi connectivity index (χ0n) is 16.7. The number of esters is 1. The molecule has 7 heteroatoms. The Kier molecular flexibility index (Phi) is 4.87. The summed E-state index contributed by atoms with van der Waals surface area (Å²) in [5, 5.41) is 5.73. The number of fused-ring (bicyclic) bond motifs is 1. The van der Waals surface area contributed by atoms with Crippen molar-refractivity contribution in [2.24, 2.45) is 5.92 Å². The molecule has 3 aromatic heterocycles. The Labute approximate surface area is 168 Å². The van der Waals surface area contributed by atoms with Gasteiger partial charge in [0.15, 0.2) is 0 Å². The number of nitrogens with one attached hydrogen (secondary N) is 2. The van der Waals surface area contributed by atoms with Gasteiger partial charge in [-0.3, -0.25) is 4.79 Å². The number of aromatic amines is 1. The third-order valence-electron chi connectivity index (χ3n) is 4.90. The summed E-state index contributed by atoms with van der Waals surface area (Å²) in [7, 11) is 0. The fourth-order valence-electron chi connectivity index (χ4n) is 3.65. The van der Waals surface area contributed by atoms with E-state index in [0.29, 0.717) is 18.4 Å². The number of ether oxygens (including phenoxy) is 1. The number of aryl methyl sites for hydroxylation is 1. The lowest BCUT2D eigenvalue weighted by molar-refractivity contribution is -0.156. The predicted molar refractivity (Wildman–Crippen MR) is 113 cm³/mol. The number of anilines is 1. The lowest BCUT2D eigenvalue weighted by Crippen LogP contribution is -2.37. The number of carbonyl (C=O) groups is 1. The predicted octanol–water partition coefficient (Wildman–Crippen LogP) is 4.92. The molecule has 3 heterocycles. The van der Waals surface area contributed by atoms with Crippen molar-refractivity contribution in [3.8, 4) is 10.6 Å². The molecule has 0 bridgehead atoms. The number of H-pyrrole nitrogens is 1. The first-order valence-corrected chi connectivity index (χ1v) is 10.5. The van der Waals surface area contributed by atoms with Crippen LogP contribution in [-0.4, -0.2) is 32.6 Å². The maximum atomic E-state index is 12.0. The van der Waals surface area contributed by atoms with Crippen LogP contribution in [0, 0.1) is 12.8 Å². The first kappa shape index (κ1) is 18.9. The lowest BCUT2D eigenvalue weighted by Gasteiger charge is -2.37. The van der Waals surface area contributed by atoms with Crippen molar-refractivity contribution >= 4 is 34.0 Å². The van der Waals surface area contributed by atoms with Crippen LogP contribution < -0.4 is 5.32 Å². The van der Waals surface area contributed by atoms with Crippen LogP contribution in [0.5, 0.6) is 0 Å². The van der Waals surface area contributed by atoms with Crippen molar-refractivity contribution in [1.29, 1.82) is 0 Å². The van der Waals surface area contributed by atoms with E-state index in [-0.39, 0.29) is 5.97 Å². The van der Waals surface area contributed by atoms with Crippen molar-refractivity contribution in [2.75, 3.05) is 5.32 Å². The normalized spacial score (nSPS) is 19.4. The van der Waals surface area contributed by atoms with Crippen LogP contribution in [0.25, 0.3) is 21.6 Å².